The van der Waals surface area contributed by atoms with Crippen LogP contribution in [0, 0.1) is 0 Å². The highest BCUT2D eigenvalue weighted by Crippen LogP contribution is 2.21. The number of rotatable bonds is 7. The first-order valence-corrected chi connectivity index (χ1v) is 7.48. The molecule has 1 aromatic carbocycles. The smallest absolute Gasteiger partial charge is 0.307 e. The van der Waals surface area contributed by atoms with E-state index in [1.165, 1.54) is 7.11 Å². The summed E-state index contributed by atoms with van der Waals surface area (Å²) in [5.74, 6) is -0.510. The molecule has 7 heteroatoms. The summed E-state index contributed by atoms with van der Waals surface area (Å²) >= 11 is 1.64. The van der Waals surface area contributed by atoms with Crippen LogP contribution in [0.5, 0.6) is 0 Å². The van der Waals surface area contributed by atoms with Crippen molar-refractivity contribution >= 4 is 36.0 Å². The van der Waals surface area contributed by atoms with Crippen LogP contribution in [0.15, 0.2) is 29.2 Å². The van der Waals surface area contributed by atoms with Crippen LogP contribution in [-0.4, -0.2) is 38.8 Å². The van der Waals surface area contributed by atoms with Gasteiger partial charge in [-0.05, 0) is 31.0 Å². The van der Waals surface area contributed by atoms with Crippen LogP contribution < -0.4 is 10.6 Å². The maximum Gasteiger partial charge on any atom is 0.307 e. The molecule has 0 aliphatic heterocycles. The largest absolute Gasteiger partial charge is 0.469 e. The third kappa shape index (κ3) is 6.84. The van der Waals surface area contributed by atoms with Gasteiger partial charge in [-0.15, -0.1) is 24.2 Å². The zero-order valence-corrected chi connectivity index (χ0v) is 14.0. The van der Waals surface area contributed by atoms with E-state index < -0.39 is 0 Å². The van der Waals surface area contributed by atoms with Crippen molar-refractivity contribution in [2.45, 2.75) is 17.4 Å². The fraction of sp³-hybridized carbons (Fsp3) is 0.429. The van der Waals surface area contributed by atoms with Gasteiger partial charge in [-0.1, -0.05) is 12.1 Å². The number of hydrogen-bond acceptors (Lipinski definition) is 5. The first-order valence-electron chi connectivity index (χ1n) is 6.25. The number of likely N-dealkylation sites (N-methyl/N-ethyl adjacent to an activating group) is 1. The Labute approximate surface area is 135 Å². The third-order valence-electron chi connectivity index (χ3n) is 2.79. The van der Waals surface area contributed by atoms with Gasteiger partial charge < -0.3 is 15.4 Å². The normalized spacial score (nSPS) is 11.2. The van der Waals surface area contributed by atoms with Crippen LogP contribution in [0.25, 0.3) is 0 Å². The lowest BCUT2D eigenvalue weighted by Gasteiger charge is -2.18. The van der Waals surface area contributed by atoms with Crippen molar-refractivity contribution in [1.29, 1.82) is 0 Å². The summed E-state index contributed by atoms with van der Waals surface area (Å²) in [6, 6.07) is 7.39. The number of ether oxygens (including phenoxy) is 1. The standard InChI is InChI=1S/C14H20N2O3S.ClH/c1-15-9-13(17)16-12(8-14(18)19-2)10-4-6-11(20-3)7-5-10;/h4-7,12,15H,8-9H2,1-3H3,(H,16,17);1H. The van der Waals surface area contributed by atoms with Gasteiger partial charge in [0.15, 0.2) is 0 Å². The van der Waals surface area contributed by atoms with Gasteiger partial charge in [0.1, 0.15) is 0 Å². The molecular weight excluding hydrogens is 312 g/mol. The van der Waals surface area contributed by atoms with Gasteiger partial charge in [-0.25, -0.2) is 0 Å². The van der Waals surface area contributed by atoms with E-state index in [1.807, 2.05) is 30.5 Å². The van der Waals surface area contributed by atoms with E-state index in [9.17, 15) is 9.59 Å². The van der Waals surface area contributed by atoms with Gasteiger partial charge in [-0.3, -0.25) is 9.59 Å². The van der Waals surface area contributed by atoms with E-state index in [0.29, 0.717) is 0 Å². The first kappa shape index (κ1) is 19.8. The van der Waals surface area contributed by atoms with E-state index in [1.54, 1.807) is 18.8 Å². The van der Waals surface area contributed by atoms with Gasteiger partial charge in [-0.2, -0.15) is 0 Å². The number of halogens is 1. The molecule has 0 saturated carbocycles. The lowest BCUT2D eigenvalue weighted by atomic mass is 10.0. The minimum absolute atomic E-state index is 0. The maximum absolute atomic E-state index is 11.7. The molecule has 0 bridgehead atoms. The van der Waals surface area contributed by atoms with Crippen LogP contribution in [0.1, 0.15) is 18.0 Å². The predicted octanol–water partition coefficient (Wildman–Crippen LogP) is 1.77. The number of carbonyl (C=O) groups is 2. The Kier molecular flexibility index (Phi) is 9.86. The van der Waals surface area contributed by atoms with Crippen molar-refractivity contribution < 1.29 is 14.3 Å². The molecule has 0 saturated heterocycles. The second-order valence-electron chi connectivity index (χ2n) is 4.20. The number of methoxy groups -OCH3 is 1. The van der Waals surface area contributed by atoms with Gasteiger partial charge >= 0.3 is 5.97 Å². The molecule has 118 valence electrons. The molecule has 1 aromatic rings. The summed E-state index contributed by atoms with van der Waals surface area (Å²) in [5.41, 5.74) is 0.887. The molecule has 0 heterocycles. The topological polar surface area (TPSA) is 67.4 Å². The quantitative estimate of drug-likeness (QED) is 0.588. The summed E-state index contributed by atoms with van der Waals surface area (Å²) in [7, 11) is 3.04. The zero-order chi connectivity index (χ0) is 15.0. The van der Waals surface area contributed by atoms with Crippen molar-refractivity contribution in [3.05, 3.63) is 29.8 Å². The Morgan fingerprint density at radius 3 is 2.38 bits per heavy atom. The fourth-order valence-electron chi connectivity index (χ4n) is 1.74. The van der Waals surface area contributed by atoms with Gasteiger partial charge in [0.05, 0.1) is 26.1 Å². The average Bonchev–Trinajstić information content (AvgIpc) is 2.46. The second kappa shape index (κ2) is 10.5. The highest BCUT2D eigenvalue weighted by molar-refractivity contribution is 7.98. The first-order chi connectivity index (χ1) is 9.60. The summed E-state index contributed by atoms with van der Waals surface area (Å²) in [4.78, 5) is 24.3. The molecule has 21 heavy (non-hydrogen) atoms. The minimum atomic E-state index is -0.376. The number of carbonyl (C=O) groups excluding carboxylic acids is 2. The highest BCUT2D eigenvalue weighted by atomic mass is 35.5. The number of esters is 1. The summed E-state index contributed by atoms with van der Waals surface area (Å²) in [6.07, 6.45) is 2.11. The molecule has 1 amide bonds. The Balaban J connectivity index is 0.00000400. The molecule has 0 aliphatic rings. The minimum Gasteiger partial charge on any atom is -0.469 e. The Morgan fingerprint density at radius 2 is 1.90 bits per heavy atom. The molecule has 0 spiro atoms. The van der Waals surface area contributed by atoms with Gasteiger partial charge in [0.25, 0.3) is 0 Å². The second-order valence-corrected chi connectivity index (χ2v) is 5.08. The maximum atomic E-state index is 11.7. The van der Waals surface area contributed by atoms with Crippen LogP contribution in [0.2, 0.25) is 0 Å². The molecule has 2 N–H and O–H groups in total. The third-order valence-corrected chi connectivity index (χ3v) is 3.53. The lowest BCUT2D eigenvalue weighted by Crippen LogP contribution is -2.36. The van der Waals surface area contributed by atoms with Crippen molar-refractivity contribution in [3.63, 3.8) is 0 Å². The number of benzene rings is 1. The number of hydrogen-bond donors (Lipinski definition) is 2. The lowest BCUT2D eigenvalue weighted by molar-refractivity contribution is -0.141. The average molecular weight is 333 g/mol. The van der Waals surface area contributed by atoms with E-state index in [2.05, 4.69) is 15.4 Å². The summed E-state index contributed by atoms with van der Waals surface area (Å²) in [5, 5.41) is 5.61. The summed E-state index contributed by atoms with van der Waals surface area (Å²) < 4.78 is 4.68. The van der Waals surface area contributed by atoms with Gasteiger partial charge in [0, 0.05) is 4.90 Å². The van der Waals surface area contributed by atoms with E-state index in [-0.39, 0.29) is 43.3 Å². The SMILES string of the molecule is CNCC(=O)NC(CC(=O)OC)c1ccc(SC)cc1.Cl. The molecule has 5 nitrogen and oxygen atoms in total. The molecular formula is C14H21ClN2O3S. The van der Waals surface area contributed by atoms with Crippen molar-refractivity contribution in [2.75, 3.05) is 27.0 Å². The molecule has 0 fully saturated rings. The molecule has 0 aromatic heterocycles. The van der Waals surface area contributed by atoms with E-state index >= 15 is 0 Å². The Hall–Kier alpha value is -1.24. The molecule has 0 radical (unpaired) electrons. The van der Waals surface area contributed by atoms with Crippen LogP contribution in [0.4, 0.5) is 0 Å². The fourth-order valence-corrected chi connectivity index (χ4v) is 2.15. The highest BCUT2D eigenvalue weighted by Gasteiger charge is 2.18. The molecule has 1 atom stereocenters. The van der Waals surface area contributed by atoms with E-state index in [0.717, 1.165) is 10.5 Å². The van der Waals surface area contributed by atoms with Crippen LogP contribution >= 0.6 is 24.2 Å². The van der Waals surface area contributed by atoms with Crippen LogP contribution in [-0.2, 0) is 14.3 Å². The summed E-state index contributed by atoms with van der Waals surface area (Å²) in [6.45, 7) is 0.209. The number of amides is 1. The Bertz CT molecular complexity index is 454. The Morgan fingerprint density at radius 1 is 1.29 bits per heavy atom. The number of nitrogens with one attached hydrogen (secondary N) is 2. The molecule has 1 rings (SSSR count). The number of thioether (sulfide) groups is 1. The van der Waals surface area contributed by atoms with Gasteiger partial charge in [0.2, 0.25) is 5.91 Å². The predicted molar refractivity (Wildman–Crippen MR) is 86.9 cm³/mol. The molecule has 1 unspecified atom stereocenters. The molecule has 0 aliphatic carbocycles. The van der Waals surface area contributed by atoms with Crippen molar-refractivity contribution in [1.82, 2.24) is 10.6 Å². The van der Waals surface area contributed by atoms with E-state index in [4.69, 9.17) is 0 Å². The van der Waals surface area contributed by atoms with Crippen molar-refractivity contribution in [3.8, 4) is 0 Å². The van der Waals surface area contributed by atoms with Crippen LogP contribution in [0.3, 0.4) is 0 Å². The van der Waals surface area contributed by atoms with Crippen molar-refractivity contribution in [2.24, 2.45) is 0 Å². The monoisotopic (exact) mass is 332 g/mol. The zero-order valence-electron chi connectivity index (χ0n) is 12.3.